The third-order valence-electron chi connectivity index (χ3n) is 4.45. The van der Waals surface area contributed by atoms with Gasteiger partial charge in [-0.3, -0.25) is 9.36 Å². The quantitative estimate of drug-likeness (QED) is 0.648. The van der Waals surface area contributed by atoms with E-state index >= 15 is 0 Å². The summed E-state index contributed by atoms with van der Waals surface area (Å²) in [4.78, 5) is 14.4. The summed E-state index contributed by atoms with van der Waals surface area (Å²) < 4.78 is 7.58. The van der Waals surface area contributed by atoms with Crippen LogP contribution in [0, 0.1) is 5.92 Å². The summed E-state index contributed by atoms with van der Waals surface area (Å²) in [5, 5.41) is 12.5. The lowest BCUT2D eigenvalue weighted by atomic mass is 10.1. The molecule has 8 heteroatoms. The van der Waals surface area contributed by atoms with Crippen LogP contribution in [-0.4, -0.2) is 59.3 Å². The molecule has 0 atom stereocenters. The molecule has 1 N–H and O–H groups in total. The number of benzene rings is 1. The highest BCUT2D eigenvalue weighted by Gasteiger charge is 2.21. The van der Waals surface area contributed by atoms with Gasteiger partial charge in [-0.05, 0) is 17.9 Å². The second-order valence-corrected chi connectivity index (χ2v) is 8.20. The van der Waals surface area contributed by atoms with E-state index in [0.29, 0.717) is 31.4 Å². The molecule has 1 aliphatic rings. The SMILES string of the molecule is CC(C)Cn1c(SCC(=O)NCCc2ccccc2)nnc1N1CCOCC1. The highest BCUT2D eigenvalue weighted by atomic mass is 32.2. The number of rotatable bonds is 9. The summed E-state index contributed by atoms with van der Waals surface area (Å²) in [5.41, 5.74) is 1.22. The molecule has 1 fully saturated rings. The second kappa shape index (κ2) is 10.5. The molecule has 28 heavy (non-hydrogen) atoms. The number of carbonyl (C=O) groups excluding carboxylic acids is 1. The normalized spacial score (nSPS) is 14.5. The zero-order valence-corrected chi connectivity index (χ0v) is 17.5. The van der Waals surface area contributed by atoms with Crippen LogP contribution in [-0.2, 0) is 22.5 Å². The molecule has 0 spiro atoms. The molecule has 152 valence electrons. The van der Waals surface area contributed by atoms with Gasteiger partial charge in [-0.15, -0.1) is 10.2 Å². The van der Waals surface area contributed by atoms with Crippen LogP contribution >= 0.6 is 11.8 Å². The molecule has 0 radical (unpaired) electrons. The number of amides is 1. The first-order chi connectivity index (χ1) is 13.6. The molecule has 1 aliphatic heterocycles. The van der Waals surface area contributed by atoms with Gasteiger partial charge >= 0.3 is 0 Å². The standard InChI is InChI=1S/C20H29N5O2S/c1-16(2)14-25-19(24-10-12-27-13-11-24)22-23-20(25)28-15-18(26)21-9-8-17-6-4-3-5-7-17/h3-7,16H,8-15H2,1-2H3,(H,21,26). The van der Waals surface area contributed by atoms with E-state index in [1.165, 1.54) is 17.3 Å². The minimum Gasteiger partial charge on any atom is -0.378 e. The summed E-state index contributed by atoms with van der Waals surface area (Å²) in [5.74, 6) is 1.71. The molecule has 1 amide bonds. The average Bonchev–Trinajstić information content (AvgIpc) is 3.10. The lowest BCUT2D eigenvalue weighted by molar-refractivity contribution is -0.118. The van der Waals surface area contributed by atoms with Crippen molar-refractivity contribution in [2.45, 2.75) is 32.0 Å². The Balaban J connectivity index is 1.53. The van der Waals surface area contributed by atoms with E-state index in [1.54, 1.807) is 0 Å². The third-order valence-corrected chi connectivity index (χ3v) is 5.42. The van der Waals surface area contributed by atoms with E-state index in [0.717, 1.165) is 37.2 Å². The molecule has 0 unspecified atom stereocenters. The van der Waals surface area contributed by atoms with E-state index < -0.39 is 0 Å². The van der Waals surface area contributed by atoms with Gasteiger partial charge in [0.1, 0.15) is 0 Å². The molecule has 2 heterocycles. The highest BCUT2D eigenvalue weighted by molar-refractivity contribution is 7.99. The van der Waals surface area contributed by atoms with Crippen LogP contribution in [0.1, 0.15) is 19.4 Å². The Kier molecular flexibility index (Phi) is 7.73. The first-order valence-corrected chi connectivity index (χ1v) is 10.8. The third kappa shape index (κ3) is 5.97. The summed E-state index contributed by atoms with van der Waals surface area (Å²) in [6.45, 7) is 8.88. The van der Waals surface area contributed by atoms with E-state index in [9.17, 15) is 4.79 Å². The second-order valence-electron chi connectivity index (χ2n) is 7.26. The van der Waals surface area contributed by atoms with Gasteiger partial charge in [0.15, 0.2) is 5.16 Å². The Bertz CT molecular complexity index is 744. The van der Waals surface area contributed by atoms with Gasteiger partial charge in [0.05, 0.1) is 19.0 Å². The van der Waals surface area contributed by atoms with Gasteiger partial charge in [-0.25, -0.2) is 0 Å². The van der Waals surface area contributed by atoms with Crippen molar-refractivity contribution < 1.29 is 9.53 Å². The van der Waals surface area contributed by atoms with Crippen molar-refractivity contribution in [3.8, 4) is 0 Å². The van der Waals surface area contributed by atoms with Gasteiger partial charge in [-0.1, -0.05) is 55.9 Å². The van der Waals surface area contributed by atoms with Gasteiger partial charge in [0.25, 0.3) is 0 Å². The van der Waals surface area contributed by atoms with E-state index in [4.69, 9.17) is 4.74 Å². The number of hydrogen-bond donors (Lipinski definition) is 1. The summed E-state index contributed by atoms with van der Waals surface area (Å²) >= 11 is 1.45. The van der Waals surface area contributed by atoms with Crippen molar-refractivity contribution in [1.29, 1.82) is 0 Å². The topological polar surface area (TPSA) is 72.3 Å². The predicted octanol–water partition coefficient (Wildman–Crippen LogP) is 2.22. The molecular formula is C20H29N5O2S. The van der Waals surface area contributed by atoms with Crippen molar-refractivity contribution in [2.24, 2.45) is 5.92 Å². The summed E-state index contributed by atoms with van der Waals surface area (Å²) in [6, 6.07) is 10.2. The van der Waals surface area contributed by atoms with E-state index in [2.05, 4.69) is 51.0 Å². The van der Waals surface area contributed by atoms with Gasteiger partial charge < -0.3 is 15.0 Å². The zero-order valence-electron chi connectivity index (χ0n) is 16.6. The molecule has 1 aromatic carbocycles. The highest BCUT2D eigenvalue weighted by Crippen LogP contribution is 2.24. The van der Waals surface area contributed by atoms with Crippen molar-refractivity contribution >= 4 is 23.6 Å². The zero-order chi connectivity index (χ0) is 19.8. The number of hydrogen-bond acceptors (Lipinski definition) is 6. The minimum absolute atomic E-state index is 0.0213. The van der Waals surface area contributed by atoms with Crippen LogP contribution in [0.3, 0.4) is 0 Å². The number of thioether (sulfide) groups is 1. The monoisotopic (exact) mass is 403 g/mol. The number of anilines is 1. The average molecular weight is 404 g/mol. The van der Waals surface area contributed by atoms with Gasteiger partial charge in [0.2, 0.25) is 11.9 Å². The van der Waals surface area contributed by atoms with Crippen LogP contribution < -0.4 is 10.2 Å². The largest absolute Gasteiger partial charge is 0.378 e. The van der Waals surface area contributed by atoms with Crippen LogP contribution in [0.25, 0.3) is 0 Å². The van der Waals surface area contributed by atoms with Crippen molar-refractivity contribution in [2.75, 3.05) is 43.5 Å². The molecule has 0 bridgehead atoms. The molecule has 1 saturated heterocycles. The number of nitrogens with zero attached hydrogens (tertiary/aromatic N) is 4. The molecule has 3 rings (SSSR count). The molecule has 2 aromatic rings. The fraction of sp³-hybridized carbons (Fsp3) is 0.550. The fourth-order valence-corrected chi connectivity index (χ4v) is 3.85. The van der Waals surface area contributed by atoms with Crippen LogP contribution in [0.5, 0.6) is 0 Å². The number of morpholine rings is 1. The van der Waals surface area contributed by atoms with Crippen molar-refractivity contribution in [3.05, 3.63) is 35.9 Å². The lowest BCUT2D eigenvalue weighted by Gasteiger charge is -2.28. The minimum atomic E-state index is 0.0213. The van der Waals surface area contributed by atoms with Crippen LogP contribution in [0.4, 0.5) is 5.95 Å². The predicted molar refractivity (Wildman–Crippen MR) is 112 cm³/mol. The maximum absolute atomic E-state index is 12.2. The Labute approximate surface area is 170 Å². The molecule has 1 aromatic heterocycles. The number of nitrogens with one attached hydrogen (secondary N) is 1. The van der Waals surface area contributed by atoms with E-state index in [-0.39, 0.29) is 5.91 Å². The first-order valence-electron chi connectivity index (χ1n) is 9.83. The van der Waals surface area contributed by atoms with Gasteiger partial charge in [-0.2, -0.15) is 0 Å². The first kappa shape index (κ1) is 20.7. The Morgan fingerprint density at radius 1 is 1.21 bits per heavy atom. The van der Waals surface area contributed by atoms with E-state index in [1.807, 2.05) is 18.2 Å². The number of aromatic nitrogens is 3. The van der Waals surface area contributed by atoms with Gasteiger partial charge in [0, 0.05) is 26.2 Å². The Morgan fingerprint density at radius 2 is 1.96 bits per heavy atom. The number of carbonyl (C=O) groups is 1. The fourth-order valence-electron chi connectivity index (χ4n) is 3.08. The lowest BCUT2D eigenvalue weighted by Crippen LogP contribution is -2.38. The van der Waals surface area contributed by atoms with Crippen molar-refractivity contribution in [3.63, 3.8) is 0 Å². The Morgan fingerprint density at radius 3 is 2.68 bits per heavy atom. The Hall–Kier alpha value is -2.06. The maximum atomic E-state index is 12.2. The van der Waals surface area contributed by atoms with Crippen LogP contribution in [0.2, 0.25) is 0 Å². The molecule has 0 saturated carbocycles. The summed E-state index contributed by atoms with van der Waals surface area (Å²) in [7, 11) is 0. The molecular weight excluding hydrogens is 374 g/mol. The molecule has 7 nitrogen and oxygen atoms in total. The maximum Gasteiger partial charge on any atom is 0.230 e. The number of ether oxygens (including phenoxy) is 1. The molecule has 0 aliphatic carbocycles. The summed E-state index contributed by atoms with van der Waals surface area (Å²) in [6.07, 6.45) is 0.835. The van der Waals surface area contributed by atoms with Crippen molar-refractivity contribution in [1.82, 2.24) is 20.1 Å². The van der Waals surface area contributed by atoms with Crippen LogP contribution in [0.15, 0.2) is 35.5 Å². The smallest absolute Gasteiger partial charge is 0.230 e.